The van der Waals surface area contributed by atoms with E-state index in [1.54, 1.807) is 0 Å². The Labute approximate surface area is 122 Å². The van der Waals surface area contributed by atoms with E-state index < -0.39 is 0 Å². The summed E-state index contributed by atoms with van der Waals surface area (Å²) >= 11 is 5.48. The highest BCUT2D eigenvalue weighted by molar-refractivity contribution is 9.10. The Morgan fingerprint density at radius 2 is 2.11 bits per heavy atom. The molecule has 18 heavy (non-hydrogen) atoms. The van der Waals surface area contributed by atoms with E-state index in [0.29, 0.717) is 6.04 Å². The van der Waals surface area contributed by atoms with Crippen molar-refractivity contribution >= 4 is 27.7 Å². The van der Waals surface area contributed by atoms with Crippen LogP contribution in [0, 0.1) is 5.92 Å². The molecule has 0 radical (unpaired) electrons. The smallest absolute Gasteiger partial charge is 0.119 e. The van der Waals surface area contributed by atoms with Gasteiger partial charge in [-0.1, -0.05) is 22.9 Å². The lowest BCUT2D eigenvalue weighted by molar-refractivity contribution is 0.269. The molecule has 2 rings (SSSR count). The maximum absolute atomic E-state index is 5.79. The topological polar surface area (TPSA) is 21.3 Å². The number of rotatable bonds is 6. The van der Waals surface area contributed by atoms with Gasteiger partial charge >= 0.3 is 0 Å². The van der Waals surface area contributed by atoms with Crippen LogP contribution in [0.25, 0.3) is 0 Å². The molecule has 0 spiro atoms. The lowest BCUT2D eigenvalue weighted by Crippen LogP contribution is -2.35. The third-order valence-electron chi connectivity index (χ3n) is 3.24. The molecule has 1 aliphatic heterocycles. The number of ether oxygens (including phenoxy) is 1. The summed E-state index contributed by atoms with van der Waals surface area (Å²) in [6.07, 6.45) is 1.14. The fourth-order valence-corrected chi connectivity index (χ4v) is 3.98. The monoisotopic (exact) mass is 329 g/mol. The van der Waals surface area contributed by atoms with E-state index in [2.05, 4.69) is 39.9 Å². The predicted molar refractivity (Wildman–Crippen MR) is 82.5 cm³/mol. The molecule has 0 bridgehead atoms. The predicted octanol–water partition coefficient (Wildman–Crippen LogP) is 3.56. The van der Waals surface area contributed by atoms with E-state index in [0.717, 1.165) is 35.7 Å². The number of benzene rings is 1. The molecule has 0 amide bonds. The zero-order valence-corrected chi connectivity index (χ0v) is 13.1. The van der Waals surface area contributed by atoms with Crippen molar-refractivity contribution in [3.8, 4) is 5.75 Å². The summed E-state index contributed by atoms with van der Waals surface area (Å²) in [5.41, 5.74) is 0. The van der Waals surface area contributed by atoms with Crippen molar-refractivity contribution in [2.45, 2.75) is 19.4 Å². The highest BCUT2D eigenvalue weighted by atomic mass is 79.9. The number of hydrogen-bond donors (Lipinski definition) is 1. The first kappa shape index (κ1) is 14.2. The maximum Gasteiger partial charge on any atom is 0.119 e. The van der Waals surface area contributed by atoms with Gasteiger partial charge in [-0.15, -0.1) is 0 Å². The Balaban J connectivity index is 1.73. The fourth-order valence-electron chi connectivity index (χ4n) is 2.23. The number of halogens is 1. The Morgan fingerprint density at radius 1 is 1.33 bits per heavy atom. The summed E-state index contributed by atoms with van der Waals surface area (Å²) in [4.78, 5) is 0. The summed E-state index contributed by atoms with van der Waals surface area (Å²) in [6, 6.07) is 8.73. The van der Waals surface area contributed by atoms with E-state index in [1.165, 1.54) is 11.5 Å². The van der Waals surface area contributed by atoms with E-state index in [1.807, 2.05) is 24.3 Å². The van der Waals surface area contributed by atoms with Crippen molar-refractivity contribution in [1.29, 1.82) is 0 Å². The molecule has 0 aromatic heterocycles. The summed E-state index contributed by atoms with van der Waals surface area (Å²) in [5.74, 6) is 4.23. The average molecular weight is 330 g/mol. The number of nitrogens with one attached hydrogen (secondary N) is 1. The molecule has 100 valence electrons. The van der Waals surface area contributed by atoms with Gasteiger partial charge in [0, 0.05) is 16.3 Å². The van der Waals surface area contributed by atoms with Crippen LogP contribution in [0.15, 0.2) is 28.7 Å². The molecule has 2 nitrogen and oxygen atoms in total. The van der Waals surface area contributed by atoms with E-state index in [9.17, 15) is 0 Å². The largest absolute Gasteiger partial charge is 0.494 e. The minimum Gasteiger partial charge on any atom is -0.494 e. The zero-order valence-electron chi connectivity index (χ0n) is 10.7. The van der Waals surface area contributed by atoms with Gasteiger partial charge in [-0.3, -0.25) is 0 Å². The van der Waals surface area contributed by atoms with E-state index in [4.69, 9.17) is 4.74 Å². The average Bonchev–Trinajstić information content (AvgIpc) is 2.80. The van der Waals surface area contributed by atoms with Gasteiger partial charge in [-0.05, 0) is 48.9 Å². The van der Waals surface area contributed by atoms with Crippen LogP contribution >= 0.6 is 27.7 Å². The van der Waals surface area contributed by atoms with Crippen LogP contribution in [0.5, 0.6) is 5.75 Å². The molecule has 1 aliphatic rings. The molecule has 1 heterocycles. The van der Waals surface area contributed by atoms with Gasteiger partial charge in [-0.25, -0.2) is 0 Å². The first-order valence-corrected chi connectivity index (χ1v) is 8.44. The standard InChI is InChI=1S/C14H20BrNOS/c1-2-16-14-10-18-9-11(14)7-8-17-13-5-3-12(15)4-6-13/h3-6,11,14,16H,2,7-10H2,1H3. The SMILES string of the molecule is CCNC1CSCC1CCOc1ccc(Br)cc1. The molecule has 1 fully saturated rings. The minimum atomic E-state index is 0.675. The van der Waals surface area contributed by atoms with Crippen molar-refractivity contribution in [1.82, 2.24) is 5.32 Å². The summed E-state index contributed by atoms with van der Waals surface area (Å²) < 4.78 is 6.88. The normalized spacial score (nSPS) is 23.2. The molecule has 2 atom stereocenters. The first-order valence-electron chi connectivity index (χ1n) is 6.49. The summed E-state index contributed by atoms with van der Waals surface area (Å²) in [6.45, 7) is 4.06. The molecule has 1 aromatic rings. The van der Waals surface area contributed by atoms with Gasteiger partial charge in [0.05, 0.1) is 6.61 Å². The van der Waals surface area contributed by atoms with Crippen LogP contribution in [-0.4, -0.2) is 30.7 Å². The van der Waals surface area contributed by atoms with Crippen LogP contribution in [-0.2, 0) is 0 Å². The maximum atomic E-state index is 5.79. The molecule has 0 saturated carbocycles. The van der Waals surface area contributed by atoms with Crippen LogP contribution < -0.4 is 10.1 Å². The third-order valence-corrected chi connectivity index (χ3v) is 5.02. The quantitative estimate of drug-likeness (QED) is 0.862. The Kier molecular flexibility index (Phi) is 5.86. The Bertz CT molecular complexity index is 357. The van der Waals surface area contributed by atoms with Gasteiger partial charge in [-0.2, -0.15) is 11.8 Å². The molecule has 2 unspecified atom stereocenters. The third kappa shape index (κ3) is 4.18. The van der Waals surface area contributed by atoms with Crippen molar-refractivity contribution in [3.05, 3.63) is 28.7 Å². The molecule has 1 saturated heterocycles. The first-order chi connectivity index (χ1) is 8.79. The highest BCUT2D eigenvalue weighted by Gasteiger charge is 2.26. The lowest BCUT2D eigenvalue weighted by Gasteiger charge is -2.19. The van der Waals surface area contributed by atoms with Crippen molar-refractivity contribution in [3.63, 3.8) is 0 Å². The second kappa shape index (κ2) is 7.41. The summed E-state index contributed by atoms with van der Waals surface area (Å²) in [5, 5.41) is 3.57. The second-order valence-corrected chi connectivity index (χ2v) is 6.54. The summed E-state index contributed by atoms with van der Waals surface area (Å²) in [7, 11) is 0. The Morgan fingerprint density at radius 3 is 2.83 bits per heavy atom. The van der Waals surface area contributed by atoms with Gasteiger partial charge < -0.3 is 10.1 Å². The number of hydrogen-bond acceptors (Lipinski definition) is 3. The molecular weight excluding hydrogens is 310 g/mol. The molecule has 4 heteroatoms. The van der Waals surface area contributed by atoms with Crippen LogP contribution in [0.3, 0.4) is 0 Å². The van der Waals surface area contributed by atoms with Crippen molar-refractivity contribution < 1.29 is 4.74 Å². The fraction of sp³-hybridized carbons (Fsp3) is 0.571. The van der Waals surface area contributed by atoms with Crippen LogP contribution in [0.2, 0.25) is 0 Å². The van der Waals surface area contributed by atoms with Gasteiger partial charge in [0.1, 0.15) is 5.75 Å². The van der Waals surface area contributed by atoms with Crippen LogP contribution in [0.4, 0.5) is 0 Å². The van der Waals surface area contributed by atoms with Gasteiger partial charge in [0.15, 0.2) is 0 Å². The van der Waals surface area contributed by atoms with E-state index in [-0.39, 0.29) is 0 Å². The molecular formula is C14H20BrNOS. The second-order valence-electron chi connectivity index (χ2n) is 4.55. The van der Waals surface area contributed by atoms with Gasteiger partial charge in [0.25, 0.3) is 0 Å². The van der Waals surface area contributed by atoms with Crippen molar-refractivity contribution in [2.75, 3.05) is 24.7 Å². The lowest BCUT2D eigenvalue weighted by atomic mass is 10.0. The van der Waals surface area contributed by atoms with Crippen molar-refractivity contribution in [2.24, 2.45) is 5.92 Å². The van der Waals surface area contributed by atoms with E-state index >= 15 is 0 Å². The zero-order chi connectivity index (χ0) is 12.8. The minimum absolute atomic E-state index is 0.675. The molecule has 1 N–H and O–H groups in total. The number of thioether (sulfide) groups is 1. The highest BCUT2D eigenvalue weighted by Crippen LogP contribution is 2.27. The Hall–Kier alpha value is -0.190. The van der Waals surface area contributed by atoms with Gasteiger partial charge in [0.2, 0.25) is 0 Å². The van der Waals surface area contributed by atoms with Crippen LogP contribution in [0.1, 0.15) is 13.3 Å². The molecule has 1 aromatic carbocycles. The molecule has 0 aliphatic carbocycles.